The number of carboxylic acids is 1. The van der Waals surface area contributed by atoms with Crippen molar-refractivity contribution in [3.63, 3.8) is 0 Å². The summed E-state index contributed by atoms with van der Waals surface area (Å²) >= 11 is 0. The minimum Gasteiger partial charge on any atom is -0.481 e. The maximum absolute atomic E-state index is 12.6. The van der Waals surface area contributed by atoms with Gasteiger partial charge in [0.15, 0.2) is 0 Å². The van der Waals surface area contributed by atoms with Crippen molar-refractivity contribution in [1.82, 2.24) is 0 Å². The van der Waals surface area contributed by atoms with E-state index in [1.54, 1.807) is 6.92 Å². The predicted octanol–water partition coefficient (Wildman–Crippen LogP) is 3.16. The van der Waals surface area contributed by atoms with Gasteiger partial charge in [-0.05, 0) is 29.2 Å². The summed E-state index contributed by atoms with van der Waals surface area (Å²) in [6, 6.07) is 15.7. The van der Waals surface area contributed by atoms with Crippen molar-refractivity contribution in [2.45, 2.75) is 18.8 Å². The highest BCUT2D eigenvalue weighted by molar-refractivity contribution is 5.87. The fourth-order valence-corrected chi connectivity index (χ4v) is 4.50. The highest BCUT2D eigenvalue weighted by Crippen LogP contribution is 2.58. The van der Waals surface area contributed by atoms with Crippen molar-refractivity contribution >= 4 is 11.9 Å². The highest BCUT2D eigenvalue weighted by atomic mass is 16.5. The first-order valence-corrected chi connectivity index (χ1v) is 8.22. The molecule has 3 aliphatic carbocycles. The monoisotopic (exact) mass is 322 g/mol. The smallest absolute Gasteiger partial charge is 0.310 e. The zero-order valence-corrected chi connectivity index (χ0v) is 13.3. The molecule has 4 heteroatoms. The van der Waals surface area contributed by atoms with E-state index in [9.17, 15) is 14.7 Å². The van der Waals surface area contributed by atoms with E-state index >= 15 is 0 Å². The van der Waals surface area contributed by atoms with Crippen LogP contribution in [0.5, 0.6) is 0 Å². The maximum Gasteiger partial charge on any atom is 0.310 e. The molecule has 2 unspecified atom stereocenters. The van der Waals surface area contributed by atoms with Gasteiger partial charge in [0, 0.05) is 11.8 Å². The topological polar surface area (TPSA) is 63.6 Å². The first kappa shape index (κ1) is 14.9. The van der Waals surface area contributed by atoms with E-state index in [-0.39, 0.29) is 18.4 Å². The summed E-state index contributed by atoms with van der Waals surface area (Å²) in [7, 11) is 0. The van der Waals surface area contributed by atoms with Crippen LogP contribution >= 0.6 is 0 Å². The number of hydrogen-bond acceptors (Lipinski definition) is 3. The Bertz CT molecular complexity index is 778. The summed E-state index contributed by atoms with van der Waals surface area (Å²) in [6.45, 7) is 2.00. The van der Waals surface area contributed by atoms with E-state index in [2.05, 4.69) is 0 Å². The van der Waals surface area contributed by atoms with E-state index in [1.807, 2.05) is 48.5 Å². The zero-order valence-electron chi connectivity index (χ0n) is 13.3. The molecule has 0 spiro atoms. The minimum atomic E-state index is -0.938. The number of hydrogen-bond donors (Lipinski definition) is 1. The van der Waals surface area contributed by atoms with Gasteiger partial charge in [-0.15, -0.1) is 0 Å². The van der Waals surface area contributed by atoms with Crippen molar-refractivity contribution < 1.29 is 19.4 Å². The third kappa shape index (κ3) is 1.92. The highest BCUT2D eigenvalue weighted by Gasteiger charge is 2.55. The molecule has 2 aromatic carbocycles. The zero-order chi connectivity index (χ0) is 16.8. The number of carboxylic acid groups (broad SMARTS) is 1. The molecule has 0 fully saturated rings. The summed E-state index contributed by atoms with van der Waals surface area (Å²) in [6.07, 6.45) is 0. The van der Waals surface area contributed by atoms with Gasteiger partial charge in [0.1, 0.15) is 0 Å². The van der Waals surface area contributed by atoms with Gasteiger partial charge in [0.2, 0.25) is 0 Å². The van der Waals surface area contributed by atoms with E-state index in [0.717, 1.165) is 22.3 Å². The predicted molar refractivity (Wildman–Crippen MR) is 87.8 cm³/mol. The SMILES string of the molecule is CCOC(=O)C1C2c3ccccc3C(c3ccccc32)C1C(=O)O. The Labute approximate surface area is 140 Å². The largest absolute Gasteiger partial charge is 0.481 e. The van der Waals surface area contributed by atoms with Crippen molar-refractivity contribution in [3.05, 3.63) is 70.8 Å². The van der Waals surface area contributed by atoms with Crippen molar-refractivity contribution in [2.75, 3.05) is 6.61 Å². The Morgan fingerprint density at radius 2 is 1.29 bits per heavy atom. The molecule has 3 aliphatic rings. The molecular weight excluding hydrogens is 304 g/mol. The van der Waals surface area contributed by atoms with Crippen molar-refractivity contribution in [1.29, 1.82) is 0 Å². The van der Waals surface area contributed by atoms with Crippen LogP contribution in [-0.2, 0) is 14.3 Å². The van der Waals surface area contributed by atoms with Crippen LogP contribution in [0.15, 0.2) is 48.5 Å². The van der Waals surface area contributed by atoms with Gasteiger partial charge >= 0.3 is 11.9 Å². The van der Waals surface area contributed by atoms with E-state index in [1.165, 1.54) is 0 Å². The second-order valence-electron chi connectivity index (χ2n) is 6.36. The van der Waals surface area contributed by atoms with Gasteiger partial charge < -0.3 is 9.84 Å². The fourth-order valence-electron chi connectivity index (χ4n) is 4.50. The number of ether oxygens (including phenoxy) is 1. The molecule has 0 saturated heterocycles. The number of benzene rings is 2. The second-order valence-corrected chi connectivity index (χ2v) is 6.36. The number of rotatable bonds is 3. The molecule has 0 heterocycles. The lowest BCUT2D eigenvalue weighted by atomic mass is 9.54. The third-order valence-electron chi connectivity index (χ3n) is 5.28. The number of esters is 1. The standard InChI is InChI=1S/C20H18O4/c1-2-24-20(23)18-16-13-9-5-3-7-11(13)15(17(18)19(21)22)12-8-4-6-10-14(12)16/h3-10,15-18H,2H2,1H3,(H,21,22). The molecule has 4 nitrogen and oxygen atoms in total. The third-order valence-corrected chi connectivity index (χ3v) is 5.28. The summed E-state index contributed by atoms with van der Waals surface area (Å²) in [5.41, 5.74) is 4.15. The van der Waals surface area contributed by atoms with Crippen LogP contribution in [-0.4, -0.2) is 23.7 Å². The van der Waals surface area contributed by atoms with E-state index in [0.29, 0.717) is 0 Å². The van der Waals surface area contributed by atoms with E-state index in [4.69, 9.17) is 4.74 Å². The van der Waals surface area contributed by atoms with Crippen LogP contribution in [0.1, 0.15) is 41.0 Å². The first-order valence-electron chi connectivity index (χ1n) is 8.22. The fraction of sp³-hybridized carbons (Fsp3) is 0.300. The van der Waals surface area contributed by atoms with Crippen LogP contribution in [0.4, 0.5) is 0 Å². The quantitative estimate of drug-likeness (QED) is 0.882. The molecular formula is C20H18O4. The van der Waals surface area contributed by atoms with Gasteiger partial charge in [-0.2, -0.15) is 0 Å². The number of carbonyl (C=O) groups excluding carboxylic acids is 1. The number of aliphatic carboxylic acids is 1. The summed E-state index contributed by atoms with van der Waals surface area (Å²) in [5, 5.41) is 9.89. The lowest BCUT2D eigenvalue weighted by Gasteiger charge is -2.47. The lowest BCUT2D eigenvalue weighted by molar-refractivity contribution is -0.160. The van der Waals surface area contributed by atoms with Crippen LogP contribution in [0.25, 0.3) is 0 Å². The molecule has 0 aliphatic heterocycles. The van der Waals surface area contributed by atoms with Crippen LogP contribution < -0.4 is 0 Å². The van der Waals surface area contributed by atoms with E-state index < -0.39 is 23.8 Å². The molecule has 5 rings (SSSR count). The Hall–Kier alpha value is -2.62. The average Bonchev–Trinajstić information content (AvgIpc) is 2.61. The maximum atomic E-state index is 12.6. The normalized spacial score (nSPS) is 26.4. The first-order chi connectivity index (χ1) is 11.6. The molecule has 2 atom stereocenters. The van der Waals surface area contributed by atoms with Gasteiger partial charge in [-0.1, -0.05) is 48.5 Å². The molecule has 0 aromatic heterocycles. The van der Waals surface area contributed by atoms with Crippen molar-refractivity contribution in [3.8, 4) is 0 Å². The van der Waals surface area contributed by atoms with Gasteiger partial charge in [0.05, 0.1) is 18.4 Å². The molecule has 0 radical (unpaired) electrons. The Morgan fingerprint density at radius 3 is 1.67 bits per heavy atom. The molecule has 0 amide bonds. The molecule has 2 aromatic rings. The van der Waals surface area contributed by atoms with Crippen LogP contribution in [0.3, 0.4) is 0 Å². The van der Waals surface area contributed by atoms with Crippen molar-refractivity contribution in [2.24, 2.45) is 11.8 Å². The Balaban J connectivity index is 1.98. The molecule has 122 valence electrons. The average molecular weight is 322 g/mol. The lowest BCUT2D eigenvalue weighted by Crippen LogP contribution is -2.47. The molecule has 1 N–H and O–H groups in total. The van der Waals surface area contributed by atoms with Gasteiger partial charge in [-0.25, -0.2) is 0 Å². The Morgan fingerprint density at radius 1 is 0.875 bits per heavy atom. The van der Waals surface area contributed by atoms with Crippen LogP contribution in [0.2, 0.25) is 0 Å². The minimum absolute atomic E-state index is 0.252. The molecule has 2 bridgehead atoms. The van der Waals surface area contributed by atoms with Gasteiger partial charge in [-0.3, -0.25) is 9.59 Å². The molecule has 0 saturated carbocycles. The summed E-state index contributed by atoms with van der Waals surface area (Å²) in [4.78, 5) is 24.7. The second kappa shape index (κ2) is 5.48. The summed E-state index contributed by atoms with van der Waals surface area (Å²) < 4.78 is 5.24. The number of carbonyl (C=O) groups is 2. The van der Waals surface area contributed by atoms with Gasteiger partial charge in [0.25, 0.3) is 0 Å². The Kier molecular flexibility index (Phi) is 3.41. The van der Waals surface area contributed by atoms with Crippen LogP contribution in [0, 0.1) is 11.8 Å². The summed E-state index contributed by atoms with van der Waals surface area (Å²) in [5.74, 6) is -3.40. The number of fused-ring (bicyclic) bond motifs is 1. The molecule has 24 heavy (non-hydrogen) atoms.